The van der Waals surface area contributed by atoms with E-state index in [0.717, 1.165) is 17.1 Å². The standard InChI is InChI=1S/C17H22N2O2/c1-13(2)21-16-8-5-9-18-17(16)19-11-14-6-4-7-15(10-14)12-20-3/h4-10,13H,11-12H2,1-3H3,(H,18,19). The Bertz CT molecular complexity index is 570. The molecular weight excluding hydrogens is 264 g/mol. The van der Waals surface area contributed by atoms with Crippen molar-refractivity contribution in [1.29, 1.82) is 0 Å². The molecule has 0 aliphatic heterocycles. The van der Waals surface area contributed by atoms with Gasteiger partial charge in [0.05, 0.1) is 12.7 Å². The van der Waals surface area contributed by atoms with Gasteiger partial charge in [-0.1, -0.05) is 24.3 Å². The van der Waals surface area contributed by atoms with E-state index in [1.807, 2.05) is 32.0 Å². The zero-order valence-corrected chi connectivity index (χ0v) is 12.8. The number of hydrogen-bond acceptors (Lipinski definition) is 4. The van der Waals surface area contributed by atoms with Crippen molar-refractivity contribution in [3.05, 3.63) is 53.7 Å². The summed E-state index contributed by atoms with van der Waals surface area (Å²) >= 11 is 0. The topological polar surface area (TPSA) is 43.4 Å². The minimum Gasteiger partial charge on any atom is -0.487 e. The first-order chi connectivity index (χ1) is 10.2. The summed E-state index contributed by atoms with van der Waals surface area (Å²) in [6.07, 6.45) is 1.89. The Morgan fingerprint density at radius 2 is 1.95 bits per heavy atom. The summed E-state index contributed by atoms with van der Waals surface area (Å²) in [7, 11) is 1.70. The minimum atomic E-state index is 0.125. The number of rotatable bonds is 7. The van der Waals surface area contributed by atoms with E-state index >= 15 is 0 Å². The quantitative estimate of drug-likeness (QED) is 0.844. The second-order valence-electron chi connectivity index (χ2n) is 5.12. The third-order valence-electron chi connectivity index (χ3n) is 2.90. The molecule has 0 fully saturated rings. The normalized spacial score (nSPS) is 10.7. The monoisotopic (exact) mass is 286 g/mol. The molecule has 1 N–H and O–H groups in total. The van der Waals surface area contributed by atoms with Crippen LogP contribution in [0.2, 0.25) is 0 Å². The molecule has 0 saturated heterocycles. The zero-order chi connectivity index (χ0) is 15.1. The highest BCUT2D eigenvalue weighted by Crippen LogP contribution is 2.22. The van der Waals surface area contributed by atoms with Crippen LogP contribution in [-0.2, 0) is 17.9 Å². The Hall–Kier alpha value is -2.07. The van der Waals surface area contributed by atoms with Gasteiger partial charge in [-0.25, -0.2) is 4.98 Å². The molecule has 0 bridgehead atoms. The Kier molecular flexibility index (Phi) is 5.58. The molecule has 21 heavy (non-hydrogen) atoms. The molecule has 112 valence electrons. The van der Waals surface area contributed by atoms with Gasteiger partial charge in [-0.2, -0.15) is 0 Å². The lowest BCUT2D eigenvalue weighted by Gasteiger charge is -2.14. The van der Waals surface area contributed by atoms with E-state index < -0.39 is 0 Å². The summed E-state index contributed by atoms with van der Waals surface area (Å²) in [5, 5.41) is 3.33. The Balaban J connectivity index is 2.04. The van der Waals surface area contributed by atoms with Gasteiger partial charge in [-0.3, -0.25) is 0 Å². The van der Waals surface area contributed by atoms with E-state index in [1.54, 1.807) is 13.3 Å². The van der Waals surface area contributed by atoms with Gasteiger partial charge < -0.3 is 14.8 Å². The van der Waals surface area contributed by atoms with Crippen LogP contribution in [0.4, 0.5) is 5.82 Å². The summed E-state index contributed by atoms with van der Waals surface area (Å²) < 4.78 is 10.9. The van der Waals surface area contributed by atoms with Crippen LogP contribution in [-0.4, -0.2) is 18.2 Å². The second-order valence-corrected chi connectivity index (χ2v) is 5.12. The predicted molar refractivity (Wildman–Crippen MR) is 84.5 cm³/mol. The molecule has 0 saturated carbocycles. The lowest BCUT2D eigenvalue weighted by molar-refractivity contribution is 0.185. The number of methoxy groups -OCH3 is 1. The van der Waals surface area contributed by atoms with Crippen LogP contribution >= 0.6 is 0 Å². The first-order valence-corrected chi connectivity index (χ1v) is 7.11. The maximum Gasteiger partial charge on any atom is 0.169 e. The summed E-state index contributed by atoms with van der Waals surface area (Å²) in [5.41, 5.74) is 2.35. The zero-order valence-electron chi connectivity index (χ0n) is 12.8. The van der Waals surface area contributed by atoms with E-state index in [-0.39, 0.29) is 6.10 Å². The average Bonchev–Trinajstić information content (AvgIpc) is 2.47. The predicted octanol–water partition coefficient (Wildman–Crippen LogP) is 3.63. The summed E-state index contributed by atoms with van der Waals surface area (Å²) in [4.78, 5) is 4.34. The van der Waals surface area contributed by atoms with Crippen molar-refractivity contribution in [2.75, 3.05) is 12.4 Å². The number of aromatic nitrogens is 1. The third kappa shape index (κ3) is 4.76. The second kappa shape index (κ2) is 7.64. The molecule has 0 aliphatic rings. The molecule has 4 heteroatoms. The van der Waals surface area contributed by atoms with Crippen LogP contribution in [0.1, 0.15) is 25.0 Å². The number of nitrogens with zero attached hydrogens (tertiary/aromatic N) is 1. The highest BCUT2D eigenvalue weighted by atomic mass is 16.5. The molecule has 0 radical (unpaired) electrons. The molecule has 1 heterocycles. The summed E-state index contributed by atoms with van der Waals surface area (Å²) in [5.74, 6) is 1.55. The maximum atomic E-state index is 5.75. The van der Waals surface area contributed by atoms with Crippen LogP contribution in [0.5, 0.6) is 5.75 Å². The smallest absolute Gasteiger partial charge is 0.169 e. The number of benzene rings is 1. The third-order valence-corrected chi connectivity index (χ3v) is 2.90. The van der Waals surface area contributed by atoms with E-state index in [0.29, 0.717) is 13.2 Å². The molecule has 0 unspecified atom stereocenters. The van der Waals surface area contributed by atoms with Crippen molar-refractivity contribution in [3.8, 4) is 5.75 Å². The van der Waals surface area contributed by atoms with E-state index in [2.05, 4.69) is 28.5 Å². The molecule has 0 spiro atoms. The van der Waals surface area contributed by atoms with E-state index in [4.69, 9.17) is 9.47 Å². The number of ether oxygens (including phenoxy) is 2. The van der Waals surface area contributed by atoms with E-state index in [9.17, 15) is 0 Å². The van der Waals surface area contributed by atoms with Crippen molar-refractivity contribution in [2.24, 2.45) is 0 Å². The number of pyridine rings is 1. The number of anilines is 1. The molecule has 4 nitrogen and oxygen atoms in total. The van der Waals surface area contributed by atoms with Crippen LogP contribution < -0.4 is 10.1 Å². The first-order valence-electron chi connectivity index (χ1n) is 7.11. The molecule has 2 aromatic rings. The Morgan fingerprint density at radius 1 is 1.14 bits per heavy atom. The van der Waals surface area contributed by atoms with Crippen LogP contribution in [0, 0.1) is 0 Å². The largest absolute Gasteiger partial charge is 0.487 e. The van der Waals surface area contributed by atoms with Gasteiger partial charge in [0.1, 0.15) is 0 Å². The van der Waals surface area contributed by atoms with Crippen molar-refractivity contribution in [1.82, 2.24) is 4.98 Å². The fourth-order valence-electron chi connectivity index (χ4n) is 2.05. The molecule has 0 aliphatic carbocycles. The van der Waals surface area contributed by atoms with Gasteiger partial charge in [0, 0.05) is 19.9 Å². The van der Waals surface area contributed by atoms with Crippen molar-refractivity contribution >= 4 is 5.82 Å². The Labute approximate surface area is 126 Å². The van der Waals surface area contributed by atoms with Gasteiger partial charge in [-0.15, -0.1) is 0 Å². The van der Waals surface area contributed by atoms with Crippen LogP contribution in [0.15, 0.2) is 42.6 Å². The van der Waals surface area contributed by atoms with Crippen LogP contribution in [0.3, 0.4) is 0 Å². The maximum absolute atomic E-state index is 5.75. The van der Waals surface area contributed by atoms with Crippen molar-refractivity contribution in [3.63, 3.8) is 0 Å². The van der Waals surface area contributed by atoms with Gasteiger partial charge >= 0.3 is 0 Å². The summed E-state index contributed by atoms with van der Waals surface area (Å²) in [6, 6.07) is 12.1. The molecule has 2 rings (SSSR count). The van der Waals surface area contributed by atoms with E-state index in [1.165, 1.54) is 5.56 Å². The molecule has 1 aromatic heterocycles. The lowest BCUT2D eigenvalue weighted by atomic mass is 10.1. The van der Waals surface area contributed by atoms with Gasteiger partial charge in [0.15, 0.2) is 11.6 Å². The first kappa shape index (κ1) is 15.3. The SMILES string of the molecule is COCc1cccc(CNc2ncccc2OC(C)C)c1. The minimum absolute atomic E-state index is 0.125. The molecule has 0 atom stereocenters. The fraction of sp³-hybridized carbons (Fsp3) is 0.353. The van der Waals surface area contributed by atoms with Crippen LogP contribution in [0.25, 0.3) is 0 Å². The van der Waals surface area contributed by atoms with Gasteiger partial charge in [-0.05, 0) is 37.1 Å². The highest BCUT2D eigenvalue weighted by molar-refractivity contribution is 5.50. The molecule has 0 amide bonds. The Morgan fingerprint density at radius 3 is 2.71 bits per heavy atom. The summed E-state index contributed by atoms with van der Waals surface area (Å²) in [6.45, 7) is 5.33. The van der Waals surface area contributed by atoms with Gasteiger partial charge in [0.25, 0.3) is 0 Å². The van der Waals surface area contributed by atoms with Gasteiger partial charge in [0.2, 0.25) is 0 Å². The average molecular weight is 286 g/mol. The highest BCUT2D eigenvalue weighted by Gasteiger charge is 2.06. The number of hydrogen-bond donors (Lipinski definition) is 1. The van der Waals surface area contributed by atoms with Crippen molar-refractivity contribution in [2.45, 2.75) is 33.1 Å². The lowest BCUT2D eigenvalue weighted by Crippen LogP contribution is -2.09. The fourth-order valence-corrected chi connectivity index (χ4v) is 2.05. The number of nitrogens with one attached hydrogen (secondary N) is 1. The molecular formula is C17H22N2O2. The molecule has 1 aromatic carbocycles. The van der Waals surface area contributed by atoms with Crippen molar-refractivity contribution < 1.29 is 9.47 Å².